The Morgan fingerprint density at radius 2 is 1.50 bits per heavy atom. The monoisotopic (exact) mass is 435 g/mol. The van der Waals surface area contributed by atoms with Gasteiger partial charge in [-0.1, -0.05) is 37.8 Å². The van der Waals surface area contributed by atoms with E-state index in [0.29, 0.717) is 23.6 Å². The fourth-order valence-electron chi connectivity index (χ4n) is 7.79. The van der Waals surface area contributed by atoms with E-state index < -0.39 is 11.5 Å². The first-order valence-electron chi connectivity index (χ1n) is 12.6. The van der Waals surface area contributed by atoms with E-state index in [9.17, 15) is 14.7 Å². The average molecular weight is 436 g/mol. The number of nitrogens with zero attached hydrogens (tertiary/aromatic N) is 3. The Morgan fingerprint density at radius 3 is 2.19 bits per heavy atom. The average Bonchev–Trinajstić information content (AvgIpc) is 2.77. The van der Waals surface area contributed by atoms with Gasteiger partial charge in [0.25, 0.3) is 5.56 Å². The highest BCUT2D eigenvalue weighted by atomic mass is 16.4. The number of hydrogen-bond donors (Lipinski definition) is 1. The molecule has 6 heteroatoms. The molecule has 4 aliphatic rings. The van der Waals surface area contributed by atoms with E-state index >= 15 is 0 Å². The number of carbonyl (C=O) groups is 1. The summed E-state index contributed by atoms with van der Waals surface area (Å²) in [6.45, 7) is 0. The van der Waals surface area contributed by atoms with Crippen LogP contribution in [0.25, 0.3) is 11.0 Å². The first-order chi connectivity index (χ1) is 15.6. The third kappa shape index (κ3) is 3.38. The second-order valence-corrected chi connectivity index (χ2v) is 10.8. The molecule has 170 valence electrons. The highest BCUT2D eigenvalue weighted by Crippen LogP contribution is 2.47. The number of rotatable bonds is 3. The van der Waals surface area contributed by atoms with E-state index in [1.165, 1.54) is 57.8 Å². The van der Waals surface area contributed by atoms with E-state index in [-0.39, 0.29) is 11.7 Å². The zero-order valence-corrected chi connectivity index (χ0v) is 18.7. The minimum absolute atomic E-state index is 0.0446. The fourth-order valence-corrected chi connectivity index (χ4v) is 7.79. The smallest absolute Gasteiger partial charge is 0.360 e. The minimum atomic E-state index is -1.24. The lowest BCUT2D eigenvalue weighted by atomic mass is 9.68. The standard InChI is InChI=1S/C26H33N3O3/c30-25-24(26(31)32)27-22-9-1-2-10-23(22)29(25)21-14-18-7-4-8-19(15-21)28(18)20-12-16-5-3-6-17(11-16)13-20/h1-2,9-10,16-21H,3-8,11-15H2,(H,31,32)/t16?,17?,18-,19?,20?,21+/m1/s1. The fraction of sp³-hybridized carbons (Fsp3) is 0.654. The Kier molecular flexibility index (Phi) is 5.09. The molecule has 3 heterocycles. The van der Waals surface area contributed by atoms with Crippen molar-refractivity contribution >= 4 is 17.0 Å². The van der Waals surface area contributed by atoms with Crippen molar-refractivity contribution in [3.63, 3.8) is 0 Å². The Morgan fingerprint density at radius 1 is 0.844 bits per heavy atom. The van der Waals surface area contributed by atoms with Crippen molar-refractivity contribution in [2.24, 2.45) is 11.8 Å². The van der Waals surface area contributed by atoms with Crippen LogP contribution in [0.3, 0.4) is 0 Å². The molecule has 2 aliphatic carbocycles. The molecular formula is C26H33N3O3. The first-order valence-corrected chi connectivity index (χ1v) is 12.6. The molecule has 0 amide bonds. The molecule has 2 saturated heterocycles. The van der Waals surface area contributed by atoms with Gasteiger partial charge in [-0.05, 0) is 68.9 Å². The largest absolute Gasteiger partial charge is 0.476 e. The van der Waals surface area contributed by atoms with Crippen molar-refractivity contribution in [2.45, 2.75) is 94.8 Å². The van der Waals surface area contributed by atoms with Crippen molar-refractivity contribution in [2.75, 3.05) is 0 Å². The van der Waals surface area contributed by atoms with Crippen LogP contribution in [-0.4, -0.2) is 43.7 Å². The summed E-state index contributed by atoms with van der Waals surface area (Å²) in [6, 6.07) is 9.25. The molecule has 1 aromatic heterocycles. The Hall–Kier alpha value is -2.21. The molecule has 1 N–H and O–H groups in total. The SMILES string of the molecule is O=C(O)c1nc2ccccc2n([C@@H]2CC3CCC[C@H](C2)N3C2CC3CCCC(C3)C2)c1=O. The van der Waals surface area contributed by atoms with Crippen molar-refractivity contribution in [3.8, 4) is 0 Å². The highest BCUT2D eigenvalue weighted by Gasteiger charge is 2.45. The molecule has 5 atom stereocenters. The van der Waals surface area contributed by atoms with Gasteiger partial charge in [-0.25, -0.2) is 9.78 Å². The Bertz CT molecular complexity index is 1070. The predicted octanol–water partition coefficient (Wildman–Crippen LogP) is 4.62. The minimum Gasteiger partial charge on any atom is -0.476 e. The van der Waals surface area contributed by atoms with Crippen LogP contribution < -0.4 is 5.56 Å². The molecule has 0 spiro atoms. The van der Waals surface area contributed by atoms with Gasteiger partial charge in [-0.3, -0.25) is 9.69 Å². The van der Waals surface area contributed by atoms with E-state index in [2.05, 4.69) is 9.88 Å². The highest BCUT2D eigenvalue weighted by molar-refractivity contribution is 5.88. The van der Waals surface area contributed by atoms with Crippen LogP contribution in [0.2, 0.25) is 0 Å². The summed E-state index contributed by atoms with van der Waals surface area (Å²) < 4.78 is 1.78. The van der Waals surface area contributed by atoms with Crippen LogP contribution in [0.5, 0.6) is 0 Å². The number of para-hydroxylation sites is 2. The molecular weight excluding hydrogens is 402 g/mol. The van der Waals surface area contributed by atoms with Gasteiger partial charge >= 0.3 is 5.97 Å². The molecule has 4 bridgehead atoms. The maximum atomic E-state index is 13.3. The number of aromatic nitrogens is 2. The maximum absolute atomic E-state index is 13.3. The molecule has 32 heavy (non-hydrogen) atoms. The lowest BCUT2D eigenvalue weighted by molar-refractivity contribution is -0.0486. The number of carboxylic acid groups (broad SMARTS) is 1. The van der Waals surface area contributed by atoms with Crippen LogP contribution >= 0.6 is 0 Å². The molecule has 2 aliphatic heterocycles. The van der Waals surface area contributed by atoms with Gasteiger partial charge in [0.1, 0.15) is 0 Å². The van der Waals surface area contributed by atoms with Crippen molar-refractivity contribution in [1.82, 2.24) is 14.5 Å². The molecule has 6 rings (SSSR count). The van der Waals surface area contributed by atoms with Crippen LogP contribution in [-0.2, 0) is 0 Å². The zero-order chi connectivity index (χ0) is 21.8. The molecule has 2 saturated carbocycles. The number of piperidine rings is 2. The summed E-state index contributed by atoms with van der Waals surface area (Å²) in [5, 5.41) is 9.62. The van der Waals surface area contributed by atoms with Crippen LogP contribution in [0.1, 0.15) is 87.2 Å². The molecule has 0 radical (unpaired) electrons. The van der Waals surface area contributed by atoms with Crippen LogP contribution in [0.4, 0.5) is 0 Å². The summed E-state index contributed by atoms with van der Waals surface area (Å²) in [4.78, 5) is 32.1. The summed E-state index contributed by atoms with van der Waals surface area (Å²) in [7, 11) is 0. The van der Waals surface area contributed by atoms with E-state index in [4.69, 9.17) is 0 Å². The number of aromatic carboxylic acids is 1. The molecule has 4 fully saturated rings. The van der Waals surface area contributed by atoms with Gasteiger partial charge in [0.15, 0.2) is 0 Å². The summed E-state index contributed by atoms with van der Waals surface area (Å²) in [5.74, 6) is 0.590. The lowest BCUT2D eigenvalue weighted by Gasteiger charge is -2.55. The Balaban J connectivity index is 1.35. The number of benzene rings is 1. The third-order valence-corrected chi connectivity index (χ3v) is 8.89. The van der Waals surface area contributed by atoms with Crippen molar-refractivity contribution in [1.29, 1.82) is 0 Å². The predicted molar refractivity (Wildman–Crippen MR) is 123 cm³/mol. The van der Waals surface area contributed by atoms with Crippen molar-refractivity contribution in [3.05, 3.63) is 40.3 Å². The van der Waals surface area contributed by atoms with Crippen LogP contribution in [0.15, 0.2) is 29.1 Å². The summed E-state index contributed by atoms with van der Waals surface area (Å²) in [5.41, 5.74) is 0.569. The van der Waals surface area contributed by atoms with E-state index in [0.717, 1.165) is 30.2 Å². The van der Waals surface area contributed by atoms with Gasteiger partial charge in [0.2, 0.25) is 5.69 Å². The third-order valence-electron chi connectivity index (χ3n) is 8.89. The number of carboxylic acids is 1. The van der Waals surface area contributed by atoms with Gasteiger partial charge in [0.05, 0.1) is 11.0 Å². The quantitative estimate of drug-likeness (QED) is 0.761. The molecule has 3 unspecified atom stereocenters. The molecule has 1 aromatic carbocycles. The maximum Gasteiger partial charge on any atom is 0.360 e. The lowest BCUT2D eigenvalue weighted by Crippen LogP contribution is -2.58. The number of hydrogen-bond acceptors (Lipinski definition) is 4. The zero-order valence-electron chi connectivity index (χ0n) is 18.7. The van der Waals surface area contributed by atoms with Gasteiger partial charge in [-0.2, -0.15) is 0 Å². The molecule has 6 nitrogen and oxygen atoms in total. The normalized spacial score (nSPS) is 35.0. The summed E-state index contributed by atoms with van der Waals surface area (Å²) in [6.07, 6.45) is 13.9. The van der Waals surface area contributed by atoms with Gasteiger partial charge < -0.3 is 9.67 Å². The van der Waals surface area contributed by atoms with Gasteiger partial charge in [-0.15, -0.1) is 0 Å². The first kappa shape index (κ1) is 20.4. The van der Waals surface area contributed by atoms with E-state index in [1.807, 2.05) is 24.3 Å². The summed E-state index contributed by atoms with van der Waals surface area (Å²) >= 11 is 0. The topological polar surface area (TPSA) is 75.4 Å². The van der Waals surface area contributed by atoms with Gasteiger partial charge in [0, 0.05) is 24.2 Å². The Labute approximate surface area is 188 Å². The van der Waals surface area contributed by atoms with E-state index in [1.54, 1.807) is 4.57 Å². The van der Waals surface area contributed by atoms with Crippen molar-refractivity contribution < 1.29 is 9.90 Å². The second-order valence-electron chi connectivity index (χ2n) is 10.8. The number of fused-ring (bicyclic) bond motifs is 5. The van der Waals surface area contributed by atoms with Crippen LogP contribution in [0, 0.1) is 11.8 Å². The molecule has 2 aromatic rings. The second kappa shape index (κ2) is 7.98.